The second-order valence-corrected chi connectivity index (χ2v) is 9.46. The standard InChI is InChI=1S/C25H28BrClN2O2/c1-2-31-25(30)15-18-8-9-20-16-24(26)29(23(20)14-18)21-10-12-28(13-11-21)17-22(27)19-6-4-3-5-7-19/h3-9,14,16,21-22H,2,10-13,15,17H2,1H3. The van der Waals surface area contributed by atoms with E-state index in [1.54, 1.807) is 0 Å². The lowest BCUT2D eigenvalue weighted by Crippen LogP contribution is -2.36. The highest BCUT2D eigenvalue weighted by atomic mass is 79.9. The molecule has 31 heavy (non-hydrogen) atoms. The van der Waals surface area contributed by atoms with Crippen molar-refractivity contribution in [2.75, 3.05) is 26.2 Å². The van der Waals surface area contributed by atoms with Crippen molar-refractivity contribution in [1.82, 2.24) is 9.47 Å². The minimum atomic E-state index is -0.179. The SMILES string of the molecule is CCOC(=O)Cc1ccc2cc(Br)n(C3CCN(CC(Cl)c4ccccc4)CC3)c2c1. The number of nitrogens with zero attached hydrogens (tertiary/aromatic N) is 2. The lowest BCUT2D eigenvalue weighted by molar-refractivity contribution is -0.142. The normalized spacial score (nSPS) is 16.5. The molecule has 3 aromatic rings. The van der Waals surface area contributed by atoms with E-state index in [1.165, 1.54) is 16.5 Å². The van der Waals surface area contributed by atoms with Gasteiger partial charge in [-0.05, 0) is 59.0 Å². The molecule has 164 valence electrons. The van der Waals surface area contributed by atoms with Gasteiger partial charge in [0.2, 0.25) is 0 Å². The maximum Gasteiger partial charge on any atom is 0.310 e. The van der Waals surface area contributed by atoms with E-state index in [-0.39, 0.29) is 11.3 Å². The van der Waals surface area contributed by atoms with Crippen molar-refractivity contribution < 1.29 is 9.53 Å². The minimum absolute atomic E-state index is 0.0160. The van der Waals surface area contributed by atoms with Crippen LogP contribution in [0.25, 0.3) is 10.9 Å². The second-order valence-electron chi connectivity index (χ2n) is 8.12. The summed E-state index contributed by atoms with van der Waals surface area (Å²) in [7, 11) is 0. The van der Waals surface area contributed by atoms with Crippen LogP contribution in [0.15, 0.2) is 59.2 Å². The Kier molecular flexibility index (Phi) is 7.36. The van der Waals surface area contributed by atoms with Gasteiger partial charge in [0.15, 0.2) is 0 Å². The molecule has 0 spiro atoms. The van der Waals surface area contributed by atoms with Crippen LogP contribution in [0.4, 0.5) is 0 Å². The first-order valence-electron chi connectivity index (χ1n) is 10.9. The van der Waals surface area contributed by atoms with E-state index in [9.17, 15) is 4.79 Å². The van der Waals surface area contributed by atoms with Crippen molar-refractivity contribution >= 4 is 44.4 Å². The number of ether oxygens (including phenoxy) is 1. The van der Waals surface area contributed by atoms with Crippen molar-refractivity contribution in [3.63, 3.8) is 0 Å². The van der Waals surface area contributed by atoms with Crippen LogP contribution in [0.5, 0.6) is 0 Å². The van der Waals surface area contributed by atoms with Gasteiger partial charge in [-0.15, -0.1) is 11.6 Å². The average molecular weight is 504 g/mol. The van der Waals surface area contributed by atoms with Crippen LogP contribution in [0.2, 0.25) is 0 Å². The van der Waals surface area contributed by atoms with E-state index < -0.39 is 0 Å². The molecule has 0 amide bonds. The largest absolute Gasteiger partial charge is 0.466 e. The molecule has 1 aliphatic heterocycles. The Morgan fingerprint density at radius 1 is 1.16 bits per heavy atom. The van der Waals surface area contributed by atoms with Gasteiger partial charge in [-0.3, -0.25) is 4.79 Å². The number of hydrogen-bond acceptors (Lipinski definition) is 3. The van der Waals surface area contributed by atoms with Crippen molar-refractivity contribution in [1.29, 1.82) is 0 Å². The Balaban J connectivity index is 1.44. The topological polar surface area (TPSA) is 34.5 Å². The first-order valence-corrected chi connectivity index (χ1v) is 12.1. The number of alkyl halides is 1. The number of aromatic nitrogens is 1. The maximum atomic E-state index is 11.9. The molecular weight excluding hydrogens is 476 g/mol. The van der Waals surface area contributed by atoms with E-state index in [4.69, 9.17) is 16.3 Å². The second kappa shape index (κ2) is 10.2. The Morgan fingerprint density at radius 2 is 1.90 bits per heavy atom. The predicted octanol–water partition coefficient (Wildman–Crippen LogP) is 6.13. The third-order valence-electron chi connectivity index (χ3n) is 6.01. The van der Waals surface area contributed by atoms with Crippen molar-refractivity contribution in [3.8, 4) is 0 Å². The highest BCUT2D eigenvalue weighted by Crippen LogP contribution is 2.34. The van der Waals surface area contributed by atoms with Gasteiger partial charge in [0, 0.05) is 36.6 Å². The molecule has 1 aromatic heterocycles. The molecular formula is C25H28BrClN2O2. The summed E-state index contributed by atoms with van der Waals surface area (Å²) in [6.45, 7) is 5.16. The maximum absolute atomic E-state index is 11.9. The molecule has 2 aromatic carbocycles. The summed E-state index contributed by atoms with van der Waals surface area (Å²) < 4.78 is 8.59. The van der Waals surface area contributed by atoms with E-state index >= 15 is 0 Å². The monoisotopic (exact) mass is 502 g/mol. The lowest BCUT2D eigenvalue weighted by atomic mass is 10.0. The van der Waals surface area contributed by atoms with Crippen LogP contribution in [0, 0.1) is 0 Å². The summed E-state index contributed by atoms with van der Waals surface area (Å²) >= 11 is 10.4. The third kappa shape index (κ3) is 5.33. The van der Waals surface area contributed by atoms with Crippen molar-refractivity contribution in [2.45, 2.75) is 37.6 Å². The molecule has 4 nitrogen and oxygen atoms in total. The van der Waals surface area contributed by atoms with Gasteiger partial charge in [-0.2, -0.15) is 0 Å². The summed E-state index contributed by atoms with van der Waals surface area (Å²) in [4.78, 5) is 14.4. The quantitative estimate of drug-likeness (QED) is 0.287. The summed E-state index contributed by atoms with van der Waals surface area (Å²) in [5, 5.41) is 1.20. The molecule has 2 heterocycles. The molecule has 0 radical (unpaired) electrons. The molecule has 1 unspecified atom stereocenters. The van der Waals surface area contributed by atoms with E-state index in [1.807, 2.05) is 31.2 Å². The van der Waals surface area contributed by atoms with Crippen LogP contribution in [0.1, 0.15) is 42.3 Å². The summed E-state index contributed by atoms with van der Waals surface area (Å²) in [6.07, 6.45) is 2.45. The number of likely N-dealkylation sites (tertiary alicyclic amines) is 1. The first kappa shape index (κ1) is 22.4. The summed E-state index contributed by atoms with van der Waals surface area (Å²) in [5.41, 5.74) is 3.34. The Labute approximate surface area is 197 Å². The van der Waals surface area contributed by atoms with Gasteiger partial charge in [-0.1, -0.05) is 42.5 Å². The number of piperidine rings is 1. The van der Waals surface area contributed by atoms with Crippen LogP contribution < -0.4 is 0 Å². The van der Waals surface area contributed by atoms with E-state index in [0.29, 0.717) is 19.1 Å². The Hall–Kier alpha value is -1.82. The average Bonchev–Trinajstić information content (AvgIpc) is 3.10. The van der Waals surface area contributed by atoms with Gasteiger partial charge >= 0.3 is 5.97 Å². The Bertz CT molecular complexity index is 1030. The number of esters is 1. The smallest absolute Gasteiger partial charge is 0.310 e. The zero-order valence-electron chi connectivity index (χ0n) is 17.8. The molecule has 0 bridgehead atoms. The lowest BCUT2D eigenvalue weighted by Gasteiger charge is -2.34. The van der Waals surface area contributed by atoms with Crippen LogP contribution >= 0.6 is 27.5 Å². The fraction of sp³-hybridized carbons (Fsp3) is 0.400. The molecule has 1 atom stereocenters. The predicted molar refractivity (Wildman–Crippen MR) is 130 cm³/mol. The first-order chi connectivity index (χ1) is 15.0. The molecule has 1 saturated heterocycles. The number of carbonyl (C=O) groups is 1. The number of halogens is 2. The van der Waals surface area contributed by atoms with Gasteiger partial charge in [0.1, 0.15) is 0 Å². The van der Waals surface area contributed by atoms with E-state index in [2.05, 4.69) is 55.7 Å². The summed E-state index contributed by atoms with van der Waals surface area (Å²) in [6, 6.07) is 19.1. The number of benzene rings is 2. The highest BCUT2D eigenvalue weighted by molar-refractivity contribution is 9.10. The highest BCUT2D eigenvalue weighted by Gasteiger charge is 2.25. The van der Waals surface area contributed by atoms with Gasteiger partial charge in [0.05, 0.1) is 23.0 Å². The Morgan fingerprint density at radius 3 is 2.61 bits per heavy atom. The van der Waals surface area contributed by atoms with Crippen LogP contribution in [0.3, 0.4) is 0 Å². The summed E-state index contributed by atoms with van der Waals surface area (Å²) in [5.74, 6) is -0.179. The zero-order chi connectivity index (χ0) is 21.8. The van der Waals surface area contributed by atoms with Gasteiger partial charge in [-0.25, -0.2) is 0 Å². The molecule has 1 aliphatic rings. The number of hydrogen-bond donors (Lipinski definition) is 0. The van der Waals surface area contributed by atoms with Gasteiger partial charge < -0.3 is 14.2 Å². The molecule has 6 heteroatoms. The zero-order valence-corrected chi connectivity index (χ0v) is 20.1. The fourth-order valence-corrected chi connectivity index (χ4v) is 5.51. The molecule has 4 rings (SSSR count). The molecule has 0 saturated carbocycles. The van der Waals surface area contributed by atoms with E-state index in [0.717, 1.165) is 42.6 Å². The number of carbonyl (C=O) groups excluding carboxylic acids is 1. The van der Waals surface area contributed by atoms with Crippen molar-refractivity contribution in [3.05, 3.63) is 70.3 Å². The third-order valence-corrected chi connectivity index (χ3v) is 7.02. The molecule has 0 aliphatic carbocycles. The van der Waals surface area contributed by atoms with Crippen LogP contribution in [-0.2, 0) is 16.0 Å². The minimum Gasteiger partial charge on any atom is -0.466 e. The molecule has 0 N–H and O–H groups in total. The molecule has 1 fully saturated rings. The fourth-order valence-electron chi connectivity index (χ4n) is 4.45. The number of fused-ring (bicyclic) bond motifs is 1. The number of rotatable bonds is 7. The van der Waals surface area contributed by atoms with Gasteiger partial charge in [0.25, 0.3) is 0 Å². The van der Waals surface area contributed by atoms with Crippen molar-refractivity contribution in [2.24, 2.45) is 0 Å². The van der Waals surface area contributed by atoms with Crippen LogP contribution in [-0.4, -0.2) is 41.7 Å².